The molecule has 2 nitrogen and oxygen atoms in total. The van der Waals surface area contributed by atoms with Crippen molar-refractivity contribution in [1.82, 2.24) is 4.57 Å². The number of benzene rings is 7. The van der Waals surface area contributed by atoms with Crippen LogP contribution in [0.3, 0.4) is 0 Å². The molecule has 383 valence electrons. The number of fused-ring (bicyclic) bond motifs is 16. The molecule has 3 aromatic heterocycles. The van der Waals surface area contributed by atoms with Crippen molar-refractivity contribution in [2.45, 2.75) is 174 Å². The number of rotatable bonds is 3. The second kappa shape index (κ2) is 15.4. The summed E-state index contributed by atoms with van der Waals surface area (Å²) in [7, 11) is 2.63. The van der Waals surface area contributed by atoms with Gasteiger partial charge in [0.05, 0.1) is 11.2 Å². The highest BCUT2D eigenvalue weighted by Gasteiger charge is 2.45. The molecular formula is C71H74BN2S2. The topological polar surface area (TPSA) is 17.0 Å². The zero-order valence-electron chi connectivity index (χ0n) is 48.0. The SMILES string of the molecule is CC(C)(C)c1ccc(Nc2cc3c(cc2-c2c4c(c5c6cc7c(cc6n6c5c2[B]c2sc5ccc(C(C)(C)C)cc5c2-6)C(C)(C)CCC7(C)C)C(C)(C)c2ccccc2-4)sc2cc4c(cc23)C(C)(C)CCC4(C)C)cc1. The lowest BCUT2D eigenvalue weighted by atomic mass is 9.61. The normalized spacial score (nSPS) is 18.4. The van der Waals surface area contributed by atoms with Gasteiger partial charge in [0.1, 0.15) is 0 Å². The lowest BCUT2D eigenvalue weighted by Crippen LogP contribution is -2.36. The summed E-state index contributed by atoms with van der Waals surface area (Å²) < 4.78 is 8.19. The number of hydrogen-bond donors (Lipinski definition) is 1. The molecule has 1 radical (unpaired) electrons. The molecule has 4 aliphatic rings. The molecule has 76 heavy (non-hydrogen) atoms. The van der Waals surface area contributed by atoms with Crippen molar-refractivity contribution in [2.24, 2.45) is 0 Å². The summed E-state index contributed by atoms with van der Waals surface area (Å²) in [6.07, 6.45) is 4.75. The third-order valence-electron chi connectivity index (χ3n) is 19.6. The molecule has 0 fully saturated rings. The van der Waals surface area contributed by atoms with Crippen molar-refractivity contribution in [3.8, 4) is 27.9 Å². The molecule has 10 aromatic rings. The van der Waals surface area contributed by atoms with Crippen LogP contribution in [0.2, 0.25) is 0 Å². The highest BCUT2D eigenvalue weighted by Crippen LogP contribution is 2.59. The van der Waals surface area contributed by atoms with E-state index in [1.165, 1.54) is 160 Å². The Morgan fingerprint density at radius 2 is 1.07 bits per heavy atom. The molecule has 0 atom stereocenters. The fourth-order valence-corrected chi connectivity index (χ4v) is 17.0. The van der Waals surface area contributed by atoms with Crippen LogP contribution in [0.1, 0.15) is 181 Å². The zero-order valence-corrected chi connectivity index (χ0v) is 49.6. The van der Waals surface area contributed by atoms with Crippen LogP contribution in [-0.2, 0) is 37.9 Å². The van der Waals surface area contributed by atoms with Crippen molar-refractivity contribution < 1.29 is 0 Å². The number of aromatic nitrogens is 1. The summed E-state index contributed by atoms with van der Waals surface area (Å²) in [6, 6.07) is 41.7. The fraction of sp³-hybridized carbons (Fsp3) is 0.380. The third-order valence-corrected chi connectivity index (χ3v) is 21.9. The molecule has 0 amide bonds. The van der Waals surface area contributed by atoms with Crippen LogP contribution in [0.15, 0.2) is 103 Å². The first-order chi connectivity index (χ1) is 35.6. The number of hydrogen-bond acceptors (Lipinski definition) is 3. The molecule has 7 aromatic carbocycles. The standard InChI is InChI=1S/C71H74BN2S2/c1-65(2,3)38-21-24-40(25-22-38)73-52-34-43-42-32-48-51(70(13,14)30-28-67(48,7)8)37-56(42)75-55(43)35-44(52)58-57-41-19-17-18-20-47(41)71(15,16)60(57)59-45-33-49-50(69(11,12)29-27-68(49,9)10)36-53(45)74-62-46-31-39(66(4,5)6)23-26-54(46)76-64(62)72-61(58)63(59)74/h17-26,31-37,73H,27-30H2,1-16H3. The predicted octanol–water partition coefficient (Wildman–Crippen LogP) is 19.3. The Balaban J connectivity index is 1.16. The summed E-state index contributed by atoms with van der Waals surface area (Å²) >= 11 is 3.95. The van der Waals surface area contributed by atoms with Crippen molar-refractivity contribution in [3.63, 3.8) is 0 Å². The molecule has 0 saturated carbocycles. The van der Waals surface area contributed by atoms with Gasteiger partial charge in [-0.05, 0) is 190 Å². The highest BCUT2D eigenvalue weighted by molar-refractivity contribution is 7.29. The first kappa shape index (κ1) is 48.7. The monoisotopic (exact) mass is 1030 g/mol. The molecule has 1 N–H and O–H groups in total. The van der Waals surface area contributed by atoms with E-state index < -0.39 is 0 Å². The van der Waals surface area contributed by atoms with Gasteiger partial charge in [0.15, 0.2) is 0 Å². The quantitative estimate of drug-likeness (QED) is 0.175. The van der Waals surface area contributed by atoms with Gasteiger partial charge < -0.3 is 9.88 Å². The van der Waals surface area contributed by atoms with Crippen LogP contribution in [0, 0.1) is 0 Å². The van der Waals surface area contributed by atoms with E-state index in [2.05, 4.69) is 231 Å². The number of thiophene rings is 2. The minimum Gasteiger partial charge on any atom is -0.355 e. The number of anilines is 2. The van der Waals surface area contributed by atoms with Crippen LogP contribution in [0.25, 0.3) is 80.0 Å². The smallest absolute Gasteiger partial charge is 0.211 e. The Bertz CT molecular complexity index is 4200. The largest absolute Gasteiger partial charge is 0.355 e. The molecule has 0 unspecified atom stereocenters. The molecule has 4 heterocycles. The minimum absolute atomic E-state index is 0.0132. The maximum Gasteiger partial charge on any atom is 0.211 e. The summed E-state index contributed by atoms with van der Waals surface area (Å²) in [5.41, 5.74) is 24.8. The molecule has 14 rings (SSSR count). The van der Waals surface area contributed by atoms with Gasteiger partial charge in [0.25, 0.3) is 0 Å². The Morgan fingerprint density at radius 3 is 1.71 bits per heavy atom. The van der Waals surface area contributed by atoms with Crippen LogP contribution in [0.5, 0.6) is 0 Å². The molecule has 5 heteroatoms. The molecular weight excluding hydrogens is 956 g/mol. The first-order valence-electron chi connectivity index (χ1n) is 28.3. The van der Waals surface area contributed by atoms with Gasteiger partial charge in [-0.1, -0.05) is 153 Å². The zero-order chi connectivity index (χ0) is 53.3. The van der Waals surface area contributed by atoms with E-state index in [-0.39, 0.29) is 37.9 Å². The average Bonchev–Trinajstić information content (AvgIpc) is 4.24. The summed E-state index contributed by atoms with van der Waals surface area (Å²) in [4.78, 5) is 0. The van der Waals surface area contributed by atoms with Gasteiger partial charge in [0, 0.05) is 68.9 Å². The van der Waals surface area contributed by atoms with E-state index in [1.54, 1.807) is 0 Å². The van der Waals surface area contributed by atoms with E-state index >= 15 is 0 Å². The average molecular weight is 1030 g/mol. The van der Waals surface area contributed by atoms with Crippen molar-refractivity contribution in [1.29, 1.82) is 0 Å². The lowest BCUT2D eigenvalue weighted by molar-refractivity contribution is 0.332. The maximum absolute atomic E-state index is 4.19. The van der Waals surface area contributed by atoms with Crippen LogP contribution in [-0.4, -0.2) is 11.8 Å². The first-order valence-corrected chi connectivity index (χ1v) is 30.0. The molecule has 0 spiro atoms. The van der Waals surface area contributed by atoms with Crippen LogP contribution in [0.4, 0.5) is 11.4 Å². The number of nitrogens with zero attached hydrogens (tertiary/aromatic N) is 1. The van der Waals surface area contributed by atoms with Crippen LogP contribution >= 0.6 is 22.7 Å². The maximum atomic E-state index is 4.19. The highest BCUT2D eigenvalue weighted by atomic mass is 32.1. The van der Waals surface area contributed by atoms with Crippen molar-refractivity contribution in [2.75, 3.05) is 5.32 Å². The van der Waals surface area contributed by atoms with Crippen molar-refractivity contribution >= 4 is 104 Å². The molecule has 1 aliphatic heterocycles. The van der Waals surface area contributed by atoms with E-state index in [1.807, 2.05) is 22.7 Å². The second-order valence-electron chi connectivity index (χ2n) is 29.0. The summed E-state index contributed by atoms with van der Waals surface area (Å²) in [6.45, 7) is 38.9. The lowest BCUT2D eigenvalue weighted by Gasteiger charge is -2.42. The van der Waals surface area contributed by atoms with Gasteiger partial charge in [-0.25, -0.2) is 0 Å². The second-order valence-corrected chi connectivity index (χ2v) is 31.1. The summed E-state index contributed by atoms with van der Waals surface area (Å²) in [5, 5.41) is 11.1. The Morgan fingerprint density at radius 1 is 0.500 bits per heavy atom. The van der Waals surface area contributed by atoms with Gasteiger partial charge in [0.2, 0.25) is 7.28 Å². The van der Waals surface area contributed by atoms with E-state index in [9.17, 15) is 0 Å². The Hall–Kier alpha value is -5.62. The minimum atomic E-state index is -0.282. The Kier molecular flexibility index (Phi) is 9.84. The predicted molar refractivity (Wildman–Crippen MR) is 335 cm³/mol. The molecule has 0 bridgehead atoms. The molecule has 3 aliphatic carbocycles. The van der Waals surface area contributed by atoms with Crippen molar-refractivity contribution in [3.05, 3.63) is 148 Å². The van der Waals surface area contributed by atoms with Gasteiger partial charge in [-0.15, -0.1) is 22.7 Å². The van der Waals surface area contributed by atoms with E-state index in [0.717, 1.165) is 11.4 Å². The number of nitrogens with one attached hydrogen (secondary N) is 1. The van der Waals surface area contributed by atoms with E-state index in [4.69, 9.17) is 0 Å². The Labute approximate surface area is 460 Å². The molecule has 0 saturated heterocycles. The fourth-order valence-electron chi connectivity index (χ4n) is 14.7. The van der Waals surface area contributed by atoms with Gasteiger partial charge in [-0.3, -0.25) is 0 Å². The van der Waals surface area contributed by atoms with Crippen LogP contribution < -0.4 is 15.6 Å². The summed E-state index contributed by atoms with van der Waals surface area (Å²) in [5.74, 6) is 0. The third kappa shape index (κ3) is 6.76. The van der Waals surface area contributed by atoms with E-state index in [0.29, 0.717) is 0 Å². The van der Waals surface area contributed by atoms with Gasteiger partial charge >= 0.3 is 0 Å². The van der Waals surface area contributed by atoms with Gasteiger partial charge in [-0.2, -0.15) is 0 Å².